The zero-order valence-corrected chi connectivity index (χ0v) is 12.1. The number of rotatable bonds is 5. The topological polar surface area (TPSA) is 37.8 Å². The number of benzene rings is 1. The highest BCUT2D eigenvalue weighted by atomic mass is 35.5. The van der Waals surface area contributed by atoms with Crippen LogP contribution in [0.25, 0.3) is 0 Å². The quantitative estimate of drug-likeness (QED) is 0.914. The molecule has 0 aliphatic heterocycles. The first-order chi connectivity index (χ1) is 9.20. The van der Waals surface area contributed by atoms with Gasteiger partial charge in [-0.1, -0.05) is 30.1 Å². The SMILES string of the molecule is CCNC(Cc1cc(Cl)ccc1Cl)c1ccnnc1. The number of aromatic nitrogens is 2. The van der Waals surface area contributed by atoms with Crippen LogP contribution in [0.15, 0.2) is 36.7 Å². The minimum absolute atomic E-state index is 0.150. The fraction of sp³-hybridized carbons (Fsp3) is 0.286. The molecule has 3 nitrogen and oxygen atoms in total. The van der Waals surface area contributed by atoms with Gasteiger partial charge in [-0.25, -0.2) is 0 Å². The maximum atomic E-state index is 6.21. The van der Waals surface area contributed by atoms with Crippen molar-refractivity contribution in [2.24, 2.45) is 0 Å². The van der Waals surface area contributed by atoms with Crippen molar-refractivity contribution < 1.29 is 0 Å². The standard InChI is InChI=1S/C14H15Cl2N3/c1-2-17-14(10-5-6-18-19-9-10)8-11-7-12(15)3-4-13(11)16/h3-7,9,14,17H,2,8H2,1H3. The van der Waals surface area contributed by atoms with Gasteiger partial charge in [-0.05, 0) is 48.4 Å². The molecule has 1 N–H and O–H groups in total. The van der Waals surface area contributed by atoms with Crippen molar-refractivity contribution in [3.8, 4) is 0 Å². The number of halogens is 2. The summed E-state index contributed by atoms with van der Waals surface area (Å²) in [5.41, 5.74) is 2.12. The second-order valence-electron chi connectivity index (χ2n) is 4.23. The Balaban J connectivity index is 2.24. The zero-order chi connectivity index (χ0) is 13.7. The minimum atomic E-state index is 0.150. The van der Waals surface area contributed by atoms with E-state index in [1.165, 1.54) is 0 Å². The van der Waals surface area contributed by atoms with Crippen molar-refractivity contribution in [3.05, 3.63) is 57.8 Å². The molecule has 0 radical (unpaired) electrons. The van der Waals surface area contributed by atoms with Gasteiger partial charge in [0.05, 0.1) is 6.20 Å². The van der Waals surface area contributed by atoms with Gasteiger partial charge < -0.3 is 5.32 Å². The average Bonchev–Trinajstić information content (AvgIpc) is 2.43. The molecular weight excluding hydrogens is 281 g/mol. The Morgan fingerprint density at radius 1 is 1.21 bits per heavy atom. The largest absolute Gasteiger partial charge is 0.310 e. The van der Waals surface area contributed by atoms with Crippen LogP contribution in [0.1, 0.15) is 24.1 Å². The molecule has 0 saturated heterocycles. The molecular formula is C14H15Cl2N3. The summed E-state index contributed by atoms with van der Waals surface area (Å²) in [6.07, 6.45) is 4.23. The summed E-state index contributed by atoms with van der Waals surface area (Å²) < 4.78 is 0. The number of nitrogens with zero attached hydrogens (tertiary/aromatic N) is 2. The molecule has 0 amide bonds. The van der Waals surface area contributed by atoms with Gasteiger partial charge >= 0.3 is 0 Å². The van der Waals surface area contributed by atoms with E-state index >= 15 is 0 Å². The smallest absolute Gasteiger partial charge is 0.0544 e. The summed E-state index contributed by atoms with van der Waals surface area (Å²) in [4.78, 5) is 0. The lowest BCUT2D eigenvalue weighted by Crippen LogP contribution is -2.23. The Labute approximate surface area is 123 Å². The predicted molar refractivity (Wildman–Crippen MR) is 78.6 cm³/mol. The van der Waals surface area contributed by atoms with Crippen LogP contribution in [0.3, 0.4) is 0 Å². The van der Waals surface area contributed by atoms with Crippen LogP contribution in [0.4, 0.5) is 0 Å². The summed E-state index contributed by atoms with van der Waals surface area (Å²) in [5.74, 6) is 0. The van der Waals surface area contributed by atoms with Crippen LogP contribution in [-0.2, 0) is 6.42 Å². The molecule has 1 aromatic carbocycles. The third-order valence-electron chi connectivity index (χ3n) is 2.89. The lowest BCUT2D eigenvalue weighted by Gasteiger charge is -2.18. The van der Waals surface area contributed by atoms with E-state index in [2.05, 4.69) is 22.4 Å². The molecule has 1 heterocycles. The Kier molecular flexibility index (Phi) is 5.14. The van der Waals surface area contributed by atoms with Crippen LogP contribution in [-0.4, -0.2) is 16.7 Å². The number of likely N-dealkylation sites (N-methyl/N-ethyl adjacent to an activating group) is 1. The average molecular weight is 296 g/mol. The van der Waals surface area contributed by atoms with Crippen LogP contribution >= 0.6 is 23.2 Å². The molecule has 0 bridgehead atoms. The number of hydrogen-bond donors (Lipinski definition) is 1. The Hall–Kier alpha value is -1.16. The van der Waals surface area contributed by atoms with Crippen molar-refractivity contribution in [3.63, 3.8) is 0 Å². The Morgan fingerprint density at radius 2 is 2.05 bits per heavy atom. The zero-order valence-electron chi connectivity index (χ0n) is 10.6. The third kappa shape index (κ3) is 3.90. The summed E-state index contributed by atoms with van der Waals surface area (Å²) >= 11 is 12.2. The van der Waals surface area contributed by atoms with Gasteiger partial charge in [-0.2, -0.15) is 10.2 Å². The molecule has 1 unspecified atom stereocenters. The first-order valence-corrected chi connectivity index (χ1v) is 6.90. The second-order valence-corrected chi connectivity index (χ2v) is 5.07. The maximum absolute atomic E-state index is 6.21. The van der Waals surface area contributed by atoms with Crippen molar-refractivity contribution in [1.82, 2.24) is 15.5 Å². The van der Waals surface area contributed by atoms with Crippen molar-refractivity contribution in [2.75, 3.05) is 6.54 Å². The lowest BCUT2D eigenvalue weighted by atomic mass is 10.0. The monoisotopic (exact) mass is 295 g/mol. The van der Waals surface area contributed by atoms with Crippen LogP contribution in [0.5, 0.6) is 0 Å². The van der Waals surface area contributed by atoms with Crippen molar-refractivity contribution in [1.29, 1.82) is 0 Å². The molecule has 5 heteroatoms. The molecule has 0 spiro atoms. The molecule has 2 rings (SSSR count). The van der Waals surface area contributed by atoms with Crippen molar-refractivity contribution in [2.45, 2.75) is 19.4 Å². The molecule has 0 fully saturated rings. The third-order valence-corrected chi connectivity index (χ3v) is 3.50. The van der Waals surface area contributed by atoms with Gasteiger partial charge in [0.1, 0.15) is 0 Å². The highest BCUT2D eigenvalue weighted by Crippen LogP contribution is 2.25. The molecule has 2 aromatic rings. The molecule has 0 aliphatic carbocycles. The van der Waals surface area contributed by atoms with E-state index in [0.29, 0.717) is 5.02 Å². The van der Waals surface area contributed by atoms with Gasteiger partial charge in [-0.15, -0.1) is 0 Å². The number of nitrogens with one attached hydrogen (secondary N) is 1. The van der Waals surface area contributed by atoms with Crippen LogP contribution < -0.4 is 5.32 Å². The molecule has 19 heavy (non-hydrogen) atoms. The van der Waals surface area contributed by atoms with Crippen LogP contribution in [0, 0.1) is 0 Å². The van der Waals surface area contributed by atoms with E-state index in [-0.39, 0.29) is 6.04 Å². The second kappa shape index (κ2) is 6.85. The molecule has 0 saturated carbocycles. The van der Waals surface area contributed by atoms with Gasteiger partial charge in [0.25, 0.3) is 0 Å². The summed E-state index contributed by atoms with van der Waals surface area (Å²) in [6.45, 7) is 2.94. The summed E-state index contributed by atoms with van der Waals surface area (Å²) in [5, 5.41) is 12.6. The van der Waals surface area contributed by atoms with E-state index in [4.69, 9.17) is 23.2 Å². The van der Waals surface area contributed by atoms with E-state index < -0.39 is 0 Å². The Bertz CT molecular complexity index is 531. The fourth-order valence-electron chi connectivity index (χ4n) is 1.98. The van der Waals surface area contributed by atoms with Gasteiger partial charge in [0.2, 0.25) is 0 Å². The molecule has 1 atom stereocenters. The highest BCUT2D eigenvalue weighted by Gasteiger charge is 2.13. The van der Waals surface area contributed by atoms with E-state index in [1.54, 1.807) is 18.5 Å². The predicted octanol–water partition coefficient (Wildman–Crippen LogP) is 3.68. The fourth-order valence-corrected chi connectivity index (χ4v) is 2.37. The number of hydrogen-bond acceptors (Lipinski definition) is 3. The van der Waals surface area contributed by atoms with E-state index in [0.717, 1.165) is 29.1 Å². The Morgan fingerprint density at radius 3 is 2.74 bits per heavy atom. The maximum Gasteiger partial charge on any atom is 0.0544 e. The molecule has 100 valence electrons. The lowest BCUT2D eigenvalue weighted by molar-refractivity contribution is 0.547. The van der Waals surface area contributed by atoms with Gasteiger partial charge in [0.15, 0.2) is 0 Å². The van der Waals surface area contributed by atoms with Gasteiger partial charge in [0, 0.05) is 22.3 Å². The highest BCUT2D eigenvalue weighted by molar-refractivity contribution is 6.33. The molecule has 1 aromatic heterocycles. The van der Waals surface area contributed by atoms with E-state index in [1.807, 2.05) is 18.2 Å². The van der Waals surface area contributed by atoms with E-state index in [9.17, 15) is 0 Å². The molecule has 0 aliphatic rings. The summed E-state index contributed by atoms with van der Waals surface area (Å²) in [6, 6.07) is 7.63. The normalized spacial score (nSPS) is 12.4. The van der Waals surface area contributed by atoms with Crippen LogP contribution in [0.2, 0.25) is 10.0 Å². The minimum Gasteiger partial charge on any atom is -0.310 e. The first-order valence-electron chi connectivity index (χ1n) is 6.14. The van der Waals surface area contributed by atoms with Gasteiger partial charge in [-0.3, -0.25) is 0 Å². The first kappa shape index (κ1) is 14.3. The summed E-state index contributed by atoms with van der Waals surface area (Å²) in [7, 11) is 0. The van der Waals surface area contributed by atoms with Crippen molar-refractivity contribution >= 4 is 23.2 Å².